The topological polar surface area (TPSA) is 48.1 Å². The first-order valence-electron chi connectivity index (χ1n) is 9.17. The van der Waals surface area contributed by atoms with E-state index in [0.717, 1.165) is 33.1 Å². The molecule has 5 rings (SSSR count). The van der Waals surface area contributed by atoms with Crippen molar-refractivity contribution in [1.82, 2.24) is 4.57 Å². The lowest BCUT2D eigenvalue weighted by atomic mass is 10.0. The van der Waals surface area contributed by atoms with Crippen LogP contribution in [-0.2, 0) is 0 Å². The Hall–Kier alpha value is -3.44. The molecule has 0 aliphatic rings. The van der Waals surface area contributed by atoms with Crippen LogP contribution in [0.2, 0.25) is 0 Å². The van der Waals surface area contributed by atoms with Gasteiger partial charge >= 0.3 is 0 Å². The lowest BCUT2D eigenvalue weighted by molar-refractivity contribution is -0.385. The van der Waals surface area contributed by atoms with Crippen LogP contribution in [0.1, 0.15) is 0 Å². The van der Waals surface area contributed by atoms with Crippen molar-refractivity contribution in [2.75, 3.05) is 0 Å². The molecular weight excluding hydrogens is 428 g/mol. The van der Waals surface area contributed by atoms with E-state index in [4.69, 9.17) is 0 Å². The molecule has 0 bridgehead atoms. The van der Waals surface area contributed by atoms with Gasteiger partial charge in [-0.1, -0.05) is 48.5 Å². The van der Waals surface area contributed by atoms with Crippen LogP contribution in [0.5, 0.6) is 0 Å². The van der Waals surface area contributed by atoms with Gasteiger partial charge in [0.25, 0.3) is 5.69 Å². The molecule has 1 aromatic heterocycles. The Morgan fingerprint density at radius 3 is 2.28 bits per heavy atom. The van der Waals surface area contributed by atoms with Crippen LogP contribution in [-0.4, -0.2) is 9.49 Å². The molecule has 0 saturated heterocycles. The van der Waals surface area contributed by atoms with Crippen molar-refractivity contribution in [3.05, 3.63) is 106 Å². The zero-order chi connectivity index (χ0) is 20.0. The smallest absolute Gasteiger partial charge is 0.291 e. The van der Waals surface area contributed by atoms with Crippen LogP contribution >= 0.6 is 15.9 Å². The number of nitro benzene ring substituents is 1. The summed E-state index contributed by atoms with van der Waals surface area (Å²) >= 11 is 3.32. The Kier molecular flexibility index (Phi) is 4.18. The maximum absolute atomic E-state index is 11.7. The van der Waals surface area contributed by atoms with Gasteiger partial charge in [-0.15, -0.1) is 0 Å². The third-order valence-electron chi connectivity index (χ3n) is 5.17. The predicted octanol–water partition coefficient (Wildman–Crippen LogP) is 7.12. The molecule has 4 nitrogen and oxygen atoms in total. The number of benzene rings is 4. The monoisotopic (exact) mass is 442 g/mol. The van der Waals surface area contributed by atoms with Crippen molar-refractivity contribution >= 4 is 43.4 Å². The van der Waals surface area contributed by atoms with Gasteiger partial charge in [-0.05, 0) is 64.0 Å². The summed E-state index contributed by atoms with van der Waals surface area (Å²) in [7, 11) is 0. The van der Waals surface area contributed by atoms with E-state index >= 15 is 0 Å². The van der Waals surface area contributed by atoms with Crippen LogP contribution in [0.15, 0.2) is 95.5 Å². The number of fused-ring (bicyclic) bond motifs is 3. The highest BCUT2D eigenvalue weighted by atomic mass is 79.9. The highest BCUT2D eigenvalue weighted by Crippen LogP contribution is 2.39. The minimum Gasteiger partial charge on any atom is -0.309 e. The Balaban J connectivity index is 1.84. The van der Waals surface area contributed by atoms with Gasteiger partial charge in [0.2, 0.25) is 0 Å². The Labute approximate surface area is 175 Å². The van der Waals surface area contributed by atoms with Crippen LogP contribution in [0.25, 0.3) is 38.6 Å². The molecule has 0 unspecified atom stereocenters. The van der Waals surface area contributed by atoms with E-state index < -0.39 is 0 Å². The van der Waals surface area contributed by atoms with E-state index in [1.807, 2.05) is 54.6 Å². The summed E-state index contributed by atoms with van der Waals surface area (Å²) in [5, 5.41) is 13.8. The number of hydrogen-bond acceptors (Lipinski definition) is 2. The fourth-order valence-corrected chi connectivity index (χ4v) is 4.44. The highest BCUT2D eigenvalue weighted by Gasteiger charge is 2.20. The van der Waals surface area contributed by atoms with Gasteiger partial charge in [-0.25, -0.2) is 0 Å². The number of nitro groups is 1. The third kappa shape index (κ3) is 2.82. The van der Waals surface area contributed by atoms with Gasteiger partial charge in [0, 0.05) is 16.5 Å². The number of rotatable bonds is 3. The van der Waals surface area contributed by atoms with E-state index in [1.54, 1.807) is 12.1 Å². The van der Waals surface area contributed by atoms with Crippen LogP contribution in [0, 0.1) is 10.1 Å². The predicted molar refractivity (Wildman–Crippen MR) is 121 cm³/mol. The fourth-order valence-electron chi connectivity index (χ4n) is 3.93. The van der Waals surface area contributed by atoms with E-state index in [9.17, 15) is 10.1 Å². The minimum atomic E-state index is -0.336. The summed E-state index contributed by atoms with van der Waals surface area (Å²) in [4.78, 5) is 11.3. The molecule has 0 spiro atoms. The molecule has 0 atom stereocenters. The normalized spacial score (nSPS) is 11.2. The second kappa shape index (κ2) is 6.87. The molecule has 5 heteroatoms. The van der Waals surface area contributed by atoms with Gasteiger partial charge < -0.3 is 4.57 Å². The lowest BCUT2D eigenvalue weighted by Crippen LogP contribution is -1.94. The van der Waals surface area contributed by atoms with Crippen molar-refractivity contribution in [3.63, 3.8) is 0 Å². The first-order chi connectivity index (χ1) is 14.1. The van der Waals surface area contributed by atoms with Crippen LogP contribution < -0.4 is 0 Å². The molecule has 0 aliphatic heterocycles. The maximum atomic E-state index is 11.7. The molecule has 140 valence electrons. The molecule has 0 fully saturated rings. The van der Waals surface area contributed by atoms with Gasteiger partial charge in [-0.3, -0.25) is 10.1 Å². The third-order valence-corrected chi connectivity index (χ3v) is 5.81. The number of aromatic nitrogens is 1. The van der Waals surface area contributed by atoms with Crippen molar-refractivity contribution in [2.24, 2.45) is 0 Å². The first kappa shape index (κ1) is 17.6. The van der Waals surface area contributed by atoms with E-state index in [-0.39, 0.29) is 10.6 Å². The number of para-hydroxylation sites is 3. The molecule has 4 aromatic carbocycles. The Morgan fingerprint density at radius 2 is 1.48 bits per heavy atom. The van der Waals surface area contributed by atoms with Crippen molar-refractivity contribution < 1.29 is 4.92 Å². The summed E-state index contributed by atoms with van der Waals surface area (Å²) in [5.41, 5.74) is 4.76. The average Bonchev–Trinajstić information content (AvgIpc) is 3.07. The summed E-state index contributed by atoms with van der Waals surface area (Å²) < 4.78 is 2.70. The summed E-state index contributed by atoms with van der Waals surface area (Å²) in [6.45, 7) is 0. The van der Waals surface area contributed by atoms with Gasteiger partial charge in [0.15, 0.2) is 0 Å². The molecule has 0 aliphatic carbocycles. The molecular formula is C24H15BrN2O2. The molecule has 1 heterocycles. The Morgan fingerprint density at radius 1 is 0.759 bits per heavy atom. The lowest BCUT2D eigenvalue weighted by Gasteiger charge is -2.08. The summed E-state index contributed by atoms with van der Waals surface area (Å²) in [6, 6.07) is 29.8. The Bertz CT molecular complexity index is 1390. The number of nitrogens with zero attached hydrogens (tertiary/aromatic N) is 2. The van der Waals surface area contributed by atoms with Crippen molar-refractivity contribution in [1.29, 1.82) is 0 Å². The van der Waals surface area contributed by atoms with Crippen molar-refractivity contribution in [3.8, 4) is 16.8 Å². The van der Waals surface area contributed by atoms with Gasteiger partial charge in [0.05, 0.1) is 26.0 Å². The summed E-state index contributed by atoms with van der Waals surface area (Å²) in [5.74, 6) is 0. The van der Waals surface area contributed by atoms with E-state index in [2.05, 4.69) is 44.8 Å². The quantitative estimate of drug-likeness (QED) is 0.220. The SMILES string of the molecule is O=[N+]([O-])c1c(Br)cccc1-c1ccc2c(c1)c1ccccc1n2-c1ccccc1. The fraction of sp³-hybridized carbons (Fsp3) is 0. The first-order valence-corrected chi connectivity index (χ1v) is 9.96. The molecule has 0 amide bonds. The maximum Gasteiger partial charge on any atom is 0.291 e. The molecule has 0 saturated carbocycles. The minimum absolute atomic E-state index is 0.0821. The van der Waals surface area contributed by atoms with E-state index in [1.165, 1.54) is 0 Å². The van der Waals surface area contributed by atoms with Gasteiger partial charge in [-0.2, -0.15) is 0 Å². The van der Waals surface area contributed by atoms with E-state index in [0.29, 0.717) is 10.0 Å². The average molecular weight is 443 g/mol. The molecule has 0 radical (unpaired) electrons. The largest absolute Gasteiger partial charge is 0.309 e. The number of hydrogen-bond donors (Lipinski definition) is 0. The molecule has 0 N–H and O–H groups in total. The van der Waals surface area contributed by atoms with Crippen molar-refractivity contribution in [2.45, 2.75) is 0 Å². The van der Waals surface area contributed by atoms with Gasteiger partial charge in [0.1, 0.15) is 0 Å². The zero-order valence-corrected chi connectivity index (χ0v) is 16.8. The van der Waals surface area contributed by atoms with Crippen LogP contribution in [0.3, 0.4) is 0 Å². The summed E-state index contributed by atoms with van der Waals surface area (Å²) in [6.07, 6.45) is 0. The zero-order valence-electron chi connectivity index (χ0n) is 15.2. The number of halogens is 1. The molecule has 5 aromatic rings. The highest BCUT2D eigenvalue weighted by molar-refractivity contribution is 9.10. The van der Waals surface area contributed by atoms with Crippen LogP contribution in [0.4, 0.5) is 5.69 Å². The molecule has 29 heavy (non-hydrogen) atoms. The second-order valence-corrected chi connectivity index (χ2v) is 7.67. The standard InChI is InChI=1S/C24H15BrN2O2/c25-21-11-6-10-18(24(21)27(28)29)16-13-14-23-20(15-16)19-9-4-5-12-22(19)26(23)17-7-2-1-3-8-17/h1-15H. The second-order valence-electron chi connectivity index (χ2n) is 6.81.